The number of amides is 1. The highest BCUT2D eigenvalue weighted by atomic mass is 19.1. The molecule has 2 rings (SSSR count). The Morgan fingerprint density at radius 1 is 1.53 bits per heavy atom. The quantitative estimate of drug-likeness (QED) is 0.865. The number of carbonyl (C=O) groups excluding carboxylic acids is 1. The molecular weight excluding hydrogens is 219 g/mol. The van der Waals surface area contributed by atoms with Crippen molar-refractivity contribution in [3.05, 3.63) is 35.6 Å². The van der Waals surface area contributed by atoms with E-state index in [-0.39, 0.29) is 23.7 Å². The molecular formula is C13H17FN2O. The summed E-state index contributed by atoms with van der Waals surface area (Å²) in [4.78, 5) is 13.6. The summed E-state index contributed by atoms with van der Waals surface area (Å²) in [6.45, 7) is 0.447. The van der Waals surface area contributed by atoms with E-state index in [2.05, 4.69) is 0 Å². The zero-order valence-electron chi connectivity index (χ0n) is 9.90. The zero-order chi connectivity index (χ0) is 12.4. The van der Waals surface area contributed by atoms with E-state index >= 15 is 0 Å². The molecule has 1 amide bonds. The number of rotatable bonds is 3. The molecule has 0 bridgehead atoms. The largest absolute Gasteiger partial charge is 0.341 e. The highest BCUT2D eigenvalue weighted by Crippen LogP contribution is 2.27. The monoisotopic (exact) mass is 236 g/mol. The van der Waals surface area contributed by atoms with Gasteiger partial charge in [0.15, 0.2) is 0 Å². The van der Waals surface area contributed by atoms with Crippen molar-refractivity contribution < 1.29 is 9.18 Å². The molecule has 0 spiro atoms. The molecule has 0 aliphatic heterocycles. The van der Waals surface area contributed by atoms with Crippen molar-refractivity contribution in [3.63, 3.8) is 0 Å². The predicted octanol–water partition coefficient (Wildman–Crippen LogP) is 1.52. The van der Waals surface area contributed by atoms with Crippen molar-refractivity contribution in [2.24, 2.45) is 11.7 Å². The number of nitrogens with zero attached hydrogens (tertiary/aromatic N) is 1. The van der Waals surface area contributed by atoms with E-state index in [1.807, 2.05) is 6.07 Å². The fourth-order valence-electron chi connectivity index (χ4n) is 2.16. The highest BCUT2D eigenvalue weighted by Gasteiger charge is 2.33. The molecule has 4 heteroatoms. The molecule has 0 aromatic heterocycles. The zero-order valence-corrected chi connectivity index (χ0v) is 9.90. The third kappa shape index (κ3) is 2.82. The summed E-state index contributed by atoms with van der Waals surface area (Å²) in [5, 5.41) is 0. The van der Waals surface area contributed by atoms with Gasteiger partial charge in [0.2, 0.25) is 5.91 Å². The summed E-state index contributed by atoms with van der Waals surface area (Å²) in [6.07, 6.45) is 1.54. The second-order valence-electron chi connectivity index (χ2n) is 4.75. The molecule has 17 heavy (non-hydrogen) atoms. The van der Waals surface area contributed by atoms with Gasteiger partial charge in [-0.2, -0.15) is 0 Å². The molecule has 0 heterocycles. The van der Waals surface area contributed by atoms with E-state index in [1.54, 1.807) is 18.0 Å². The van der Waals surface area contributed by atoms with Crippen LogP contribution in [0.2, 0.25) is 0 Å². The first-order valence-electron chi connectivity index (χ1n) is 5.81. The molecule has 0 radical (unpaired) electrons. The van der Waals surface area contributed by atoms with Gasteiger partial charge in [-0.3, -0.25) is 4.79 Å². The molecule has 1 saturated carbocycles. The molecule has 0 unspecified atom stereocenters. The van der Waals surface area contributed by atoms with E-state index in [0.29, 0.717) is 6.54 Å². The Labute approximate surface area is 100 Å². The topological polar surface area (TPSA) is 46.3 Å². The van der Waals surface area contributed by atoms with Crippen LogP contribution in [0.3, 0.4) is 0 Å². The van der Waals surface area contributed by atoms with Crippen LogP contribution >= 0.6 is 0 Å². The SMILES string of the molecule is CN(Cc1cccc(F)c1)C(=O)C1CC(N)C1. The average molecular weight is 236 g/mol. The molecule has 1 aromatic carbocycles. The Bertz CT molecular complexity index is 416. The molecule has 92 valence electrons. The van der Waals surface area contributed by atoms with Gasteiger partial charge in [0.25, 0.3) is 0 Å². The van der Waals surface area contributed by atoms with Crippen molar-refractivity contribution in [1.82, 2.24) is 4.90 Å². The summed E-state index contributed by atoms with van der Waals surface area (Å²) in [7, 11) is 1.75. The van der Waals surface area contributed by atoms with Crippen molar-refractivity contribution in [2.45, 2.75) is 25.4 Å². The summed E-state index contributed by atoms with van der Waals surface area (Å²) in [5.74, 6) is -0.103. The maximum Gasteiger partial charge on any atom is 0.225 e. The number of halogens is 1. The van der Waals surface area contributed by atoms with Gasteiger partial charge in [0, 0.05) is 25.6 Å². The van der Waals surface area contributed by atoms with Crippen LogP contribution in [0.1, 0.15) is 18.4 Å². The number of benzene rings is 1. The number of carbonyl (C=O) groups is 1. The lowest BCUT2D eigenvalue weighted by Gasteiger charge is -2.34. The van der Waals surface area contributed by atoms with Gasteiger partial charge in [-0.05, 0) is 30.5 Å². The van der Waals surface area contributed by atoms with Crippen LogP contribution in [0.4, 0.5) is 4.39 Å². The van der Waals surface area contributed by atoms with Crippen LogP contribution in [0.15, 0.2) is 24.3 Å². The number of hydrogen-bond acceptors (Lipinski definition) is 2. The number of nitrogens with two attached hydrogens (primary N) is 1. The summed E-state index contributed by atoms with van der Waals surface area (Å²) < 4.78 is 13.0. The molecule has 0 atom stereocenters. The molecule has 2 N–H and O–H groups in total. The molecule has 0 saturated heterocycles. The van der Waals surface area contributed by atoms with Gasteiger partial charge in [-0.25, -0.2) is 4.39 Å². The van der Waals surface area contributed by atoms with Crippen LogP contribution in [0.5, 0.6) is 0 Å². The molecule has 1 fully saturated rings. The van der Waals surface area contributed by atoms with E-state index in [9.17, 15) is 9.18 Å². The summed E-state index contributed by atoms with van der Waals surface area (Å²) in [6, 6.07) is 6.50. The lowest BCUT2D eigenvalue weighted by atomic mass is 9.80. The van der Waals surface area contributed by atoms with Crippen molar-refractivity contribution in [2.75, 3.05) is 7.05 Å². The van der Waals surface area contributed by atoms with Crippen molar-refractivity contribution in [1.29, 1.82) is 0 Å². The fraction of sp³-hybridized carbons (Fsp3) is 0.462. The van der Waals surface area contributed by atoms with Gasteiger partial charge in [0.1, 0.15) is 5.82 Å². The van der Waals surface area contributed by atoms with Crippen LogP contribution in [-0.2, 0) is 11.3 Å². The Hall–Kier alpha value is -1.42. The Morgan fingerprint density at radius 3 is 2.82 bits per heavy atom. The Morgan fingerprint density at radius 2 is 2.24 bits per heavy atom. The predicted molar refractivity (Wildman–Crippen MR) is 63.6 cm³/mol. The summed E-state index contributed by atoms with van der Waals surface area (Å²) >= 11 is 0. The lowest BCUT2D eigenvalue weighted by Crippen LogP contribution is -2.45. The molecule has 1 aromatic rings. The minimum Gasteiger partial charge on any atom is -0.341 e. The van der Waals surface area contributed by atoms with E-state index in [0.717, 1.165) is 18.4 Å². The van der Waals surface area contributed by atoms with Gasteiger partial charge >= 0.3 is 0 Å². The first kappa shape index (κ1) is 12.0. The van der Waals surface area contributed by atoms with Crippen LogP contribution in [0, 0.1) is 11.7 Å². The third-order valence-corrected chi connectivity index (χ3v) is 3.21. The van der Waals surface area contributed by atoms with E-state index < -0.39 is 0 Å². The van der Waals surface area contributed by atoms with Gasteiger partial charge in [0.05, 0.1) is 0 Å². The van der Waals surface area contributed by atoms with E-state index in [1.165, 1.54) is 12.1 Å². The van der Waals surface area contributed by atoms with Crippen LogP contribution in [0.25, 0.3) is 0 Å². The fourth-order valence-corrected chi connectivity index (χ4v) is 2.16. The van der Waals surface area contributed by atoms with Crippen molar-refractivity contribution in [3.8, 4) is 0 Å². The smallest absolute Gasteiger partial charge is 0.225 e. The number of hydrogen-bond donors (Lipinski definition) is 1. The van der Waals surface area contributed by atoms with Gasteiger partial charge in [-0.1, -0.05) is 12.1 Å². The third-order valence-electron chi connectivity index (χ3n) is 3.21. The van der Waals surface area contributed by atoms with Crippen LogP contribution in [-0.4, -0.2) is 23.9 Å². The Balaban J connectivity index is 1.92. The average Bonchev–Trinajstić information content (AvgIpc) is 2.24. The molecule has 1 aliphatic carbocycles. The van der Waals surface area contributed by atoms with Crippen LogP contribution < -0.4 is 5.73 Å². The van der Waals surface area contributed by atoms with E-state index in [4.69, 9.17) is 5.73 Å². The molecule has 3 nitrogen and oxygen atoms in total. The first-order chi connectivity index (χ1) is 8.06. The van der Waals surface area contributed by atoms with Gasteiger partial charge in [-0.15, -0.1) is 0 Å². The normalized spacial score (nSPS) is 23.0. The van der Waals surface area contributed by atoms with Gasteiger partial charge < -0.3 is 10.6 Å². The lowest BCUT2D eigenvalue weighted by molar-refractivity contribution is -0.137. The first-order valence-corrected chi connectivity index (χ1v) is 5.81. The second-order valence-corrected chi connectivity index (χ2v) is 4.75. The van der Waals surface area contributed by atoms with Crippen molar-refractivity contribution >= 4 is 5.91 Å². The highest BCUT2D eigenvalue weighted by molar-refractivity contribution is 5.79. The maximum atomic E-state index is 13.0. The standard InChI is InChI=1S/C13H17FN2O/c1-16(13(17)10-6-12(15)7-10)8-9-3-2-4-11(14)5-9/h2-5,10,12H,6-8,15H2,1H3. The second kappa shape index (κ2) is 4.84. The molecule has 1 aliphatic rings. The minimum atomic E-state index is -0.269. The Kier molecular flexibility index (Phi) is 3.43. The minimum absolute atomic E-state index is 0.0589. The summed E-state index contributed by atoms with van der Waals surface area (Å²) in [5.41, 5.74) is 6.47. The maximum absolute atomic E-state index is 13.0.